The van der Waals surface area contributed by atoms with Crippen molar-refractivity contribution in [2.45, 2.75) is 24.4 Å². The van der Waals surface area contributed by atoms with Gasteiger partial charge in [0.15, 0.2) is 6.10 Å². The summed E-state index contributed by atoms with van der Waals surface area (Å²) in [7, 11) is 1.46. The van der Waals surface area contributed by atoms with Gasteiger partial charge in [0.25, 0.3) is 0 Å². The number of carbonyl (C=O) groups is 1. The Hall–Kier alpha value is -0.870. The summed E-state index contributed by atoms with van der Waals surface area (Å²) in [6.07, 6.45) is 1.13. The average molecular weight is 212 g/mol. The summed E-state index contributed by atoms with van der Waals surface area (Å²) in [5.74, 6) is -0.865. The molecule has 3 nitrogen and oxygen atoms in total. The lowest BCUT2D eigenvalue weighted by Crippen LogP contribution is -2.35. The molecule has 14 heavy (non-hydrogen) atoms. The zero-order valence-corrected chi connectivity index (χ0v) is 8.71. The number of carboxylic acid groups (broad SMARTS) is 1. The Morgan fingerprint density at radius 3 is 2.79 bits per heavy atom. The van der Waals surface area contributed by atoms with E-state index >= 15 is 0 Å². The molecule has 1 N–H and O–H groups in total. The summed E-state index contributed by atoms with van der Waals surface area (Å²) in [6, 6.07) is 1.99. The third kappa shape index (κ3) is 1.35. The Kier molecular flexibility index (Phi) is 2.33. The van der Waals surface area contributed by atoms with Crippen LogP contribution in [0.25, 0.3) is 0 Å². The van der Waals surface area contributed by atoms with Crippen LogP contribution in [0.4, 0.5) is 0 Å². The van der Waals surface area contributed by atoms with E-state index in [2.05, 4.69) is 0 Å². The number of methoxy groups -OCH3 is 1. The SMILES string of the molecule is COC(C(=O)O)C1(c2ccsc2)CC1. The van der Waals surface area contributed by atoms with Gasteiger partial charge in [0.2, 0.25) is 0 Å². The maximum absolute atomic E-state index is 11.0. The maximum Gasteiger partial charge on any atom is 0.333 e. The molecule has 1 aliphatic carbocycles. The zero-order valence-electron chi connectivity index (χ0n) is 7.90. The minimum absolute atomic E-state index is 0.249. The highest BCUT2D eigenvalue weighted by molar-refractivity contribution is 7.08. The third-order valence-corrected chi connectivity index (χ3v) is 3.53. The predicted octanol–water partition coefficient (Wildman–Crippen LogP) is 1.88. The summed E-state index contributed by atoms with van der Waals surface area (Å²) in [5, 5.41) is 13.0. The number of hydrogen-bond donors (Lipinski definition) is 1. The second-order valence-corrected chi connectivity index (χ2v) is 4.40. The van der Waals surface area contributed by atoms with E-state index in [1.165, 1.54) is 7.11 Å². The second-order valence-electron chi connectivity index (χ2n) is 3.62. The number of carboxylic acids is 1. The van der Waals surface area contributed by atoms with Gasteiger partial charge in [-0.05, 0) is 35.2 Å². The van der Waals surface area contributed by atoms with E-state index in [0.29, 0.717) is 0 Å². The molecule has 1 unspecified atom stereocenters. The van der Waals surface area contributed by atoms with Gasteiger partial charge in [-0.1, -0.05) is 0 Å². The lowest BCUT2D eigenvalue weighted by Gasteiger charge is -2.20. The standard InChI is InChI=1S/C10H12O3S/c1-13-8(9(11)12)10(3-4-10)7-2-5-14-6-7/h2,5-6,8H,3-4H2,1H3,(H,11,12). The molecule has 1 aromatic rings. The van der Waals surface area contributed by atoms with Crippen LogP contribution >= 0.6 is 11.3 Å². The number of ether oxygens (including phenoxy) is 1. The molecular formula is C10H12O3S. The van der Waals surface area contributed by atoms with Crippen molar-refractivity contribution in [3.8, 4) is 0 Å². The van der Waals surface area contributed by atoms with Crippen molar-refractivity contribution in [2.75, 3.05) is 7.11 Å². The van der Waals surface area contributed by atoms with Crippen LogP contribution in [0.5, 0.6) is 0 Å². The van der Waals surface area contributed by atoms with Crippen molar-refractivity contribution in [1.82, 2.24) is 0 Å². The molecular weight excluding hydrogens is 200 g/mol. The molecule has 0 aliphatic heterocycles. The van der Waals surface area contributed by atoms with Crippen molar-refractivity contribution < 1.29 is 14.6 Å². The van der Waals surface area contributed by atoms with E-state index in [1.807, 2.05) is 16.8 Å². The van der Waals surface area contributed by atoms with E-state index in [1.54, 1.807) is 11.3 Å². The predicted molar refractivity (Wildman–Crippen MR) is 53.7 cm³/mol. The Labute approximate surface area is 86.3 Å². The van der Waals surface area contributed by atoms with Crippen LogP contribution < -0.4 is 0 Å². The van der Waals surface area contributed by atoms with Gasteiger partial charge in [0, 0.05) is 12.5 Å². The molecule has 1 aliphatic rings. The molecule has 0 amide bonds. The Morgan fingerprint density at radius 2 is 2.43 bits per heavy atom. The van der Waals surface area contributed by atoms with Gasteiger partial charge >= 0.3 is 5.97 Å². The molecule has 0 aromatic carbocycles. The van der Waals surface area contributed by atoms with E-state index in [-0.39, 0.29) is 5.41 Å². The number of thiophene rings is 1. The minimum atomic E-state index is -0.865. The van der Waals surface area contributed by atoms with Gasteiger partial charge in [-0.3, -0.25) is 0 Å². The molecule has 2 rings (SSSR count). The molecule has 1 heterocycles. The number of rotatable bonds is 4. The lowest BCUT2D eigenvalue weighted by molar-refractivity contribution is -0.150. The quantitative estimate of drug-likeness (QED) is 0.828. The van der Waals surface area contributed by atoms with Crippen molar-refractivity contribution in [1.29, 1.82) is 0 Å². The molecule has 4 heteroatoms. The van der Waals surface area contributed by atoms with Crippen LogP contribution in [0.2, 0.25) is 0 Å². The highest BCUT2D eigenvalue weighted by Gasteiger charge is 2.54. The molecule has 0 spiro atoms. The van der Waals surface area contributed by atoms with Gasteiger partial charge in [-0.15, -0.1) is 0 Å². The molecule has 0 bridgehead atoms. The van der Waals surface area contributed by atoms with E-state index in [4.69, 9.17) is 9.84 Å². The normalized spacial score (nSPS) is 20.4. The molecule has 0 radical (unpaired) electrons. The number of hydrogen-bond acceptors (Lipinski definition) is 3. The van der Waals surface area contributed by atoms with Gasteiger partial charge in [-0.25, -0.2) is 4.79 Å². The first kappa shape index (κ1) is 9.68. The van der Waals surface area contributed by atoms with Crippen LogP contribution in [0.3, 0.4) is 0 Å². The van der Waals surface area contributed by atoms with Gasteiger partial charge in [-0.2, -0.15) is 11.3 Å². The van der Waals surface area contributed by atoms with E-state index in [0.717, 1.165) is 18.4 Å². The first-order chi connectivity index (χ1) is 6.70. The monoisotopic (exact) mass is 212 g/mol. The molecule has 1 atom stereocenters. The Morgan fingerprint density at radius 1 is 1.71 bits per heavy atom. The average Bonchev–Trinajstić information content (AvgIpc) is 2.76. The summed E-state index contributed by atoms with van der Waals surface area (Å²) in [6.45, 7) is 0. The smallest absolute Gasteiger partial charge is 0.333 e. The maximum atomic E-state index is 11.0. The molecule has 76 valence electrons. The molecule has 1 aromatic heterocycles. The topological polar surface area (TPSA) is 46.5 Å². The molecule has 1 saturated carbocycles. The summed E-state index contributed by atoms with van der Waals surface area (Å²) in [5.41, 5.74) is 0.859. The fraction of sp³-hybridized carbons (Fsp3) is 0.500. The second kappa shape index (κ2) is 3.37. The first-order valence-electron chi connectivity index (χ1n) is 4.49. The Balaban J connectivity index is 2.28. The molecule has 0 saturated heterocycles. The highest BCUT2D eigenvalue weighted by atomic mass is 32.1. The van der Waals surface area contributed by atoms with Crippen molar-refractivity contribution >= 4 is 17.3 Å². The van der Waals surface area contributed by atoms with E-state index < -0.39 is 12.1 Å². The van der Waals surface area contributed by atoms with Crippen molar-refractivity contribution in [3.63, 3.8) is 0 Å². The van der Waals surface area contributed by atoms with Crippen molar-refractivity contribution in [3.05, 3.63) is 22.4 Å². The van der Waals surface area contributed by atoms with Crippen LogP contribution in [-0.2, 0) is 14.9 Å². The summed E-state index contributed by atoms with van der Waals surface area (Å²) >= 11 is 1.60. The lowest BCUT2D eigenvalue weighted by atomic mass is 9.92. The first-order valence-corrected chi connectivity index (χ1v) is 5.43. The largest absolute Gasteiger partial charge is 0.479 e. The fourth-order valence-corrected chi connectivity index (χ4v) is 2.71. The van der Waals surface area contributed by atoms with Crippen LogP contribution in [-0.4, -0.2) is 24.3 Å². The Bertz CT molecular complexity index is 327. The van der Waals surface area contributed by atoms with Gasteiger partial charge in [0.1, 0.15) is 0 Å². The van der Waals surface area contributed by atoms with Crippen LogP contribution in [0.1, 0.15) is 18.4 Å². The summed E-state index contributed by atoms with van der Waals surface area (Å²) in [4.78, 5) is 11.0. The summed E-state index contributed by atoms with van der Waals surface area (Å²) < 4.78 is 5.07. The highest BCUT2D eigenvalue weighted by Crippen LogP contribution is 2.52. The molecule has 1 fully saturated rings. The van der Waals surface area contributed by atoms with Crippen LogP contribution in [0.15, 0.2) is 16.8 Å². The van der Waals surface area contributed by atoms with Gasteiger partial charge in [0.05, 0.1) is 0 Å². The zero-order chi connectivity index (χ0) is 10.2. The van der Waals surface area contributed by atoms with Crippen LogP contribution in [0, 0.1) is 0 Å². The van der Waals surface area contributed by atoms with Crippen molar-refractivity contribution in [2.24, 2.45) is 0 Å². The minimum Gasteiger partial charge on any atom is -0.479 e. The third-order valence-electron chi connectivity index (χ3n) is 2.85. The number of aliphatic carboxylic acids is 1. The van der Waals surface area contributed by atoms with E-state index in [9.17, 15) is 4.79 Å². The fourth-order valence-electron chi connectivity index (χ4n) is 1.95. The van der Waals surface area contributed by atoms with Gasteiger partial charge < -0.3 is 9.84 Å².